The van der Waals surface area contributed by atoms with Gasteiger partial charge >= 0.3 is 0 Å². The number of carbonyl (C=O) groups excluding carboxylic acids is 5. The highest BCUT2D eigenvalue weighted by atomic mass is 16.2. The highest BCUT2D eigenvalue weighted by Gasteiger charge is 2.41. The molecule has 238 valence electrons. The Morgan fingerprint density at radius 3 is 2.32 bits per heavy atom. The summed E-state index contributed by atoms with van der Waals surface area (Å²) in [5.74, 6) is -3.71. The molecular weight excluding hydrogens is 564 g/mol. The molecule has 13 nitrogen and oxygen atoms in total. The van der Waals surface area contributed by atoms with Crippen molar-refractivity contribution in [1.82, 2.24) is 31.9 Å². The number of guanidine groups is 1. The first kappa shape index (κ1) is 33.8. The third-order valence-electron chi connectivity index (χ3n) is 7.83. The smallest absolute Gasteiger partial charge is 0.247 e. The van der Waals surface area contributed by atoms with Gasteiger partial charge in [-0.15, -0.1) is 0 Å². The number of rotatable bonds is 7. The Hall–Kier alpha value is -4.68. The molecule has 0 aliphatic carbocycles. The Kier molecular flexibility index (Phi) is 11.3. The summed E-state index contributed by atoms with van der Waals surface area (Å²) in [6.45, 7) is 8.31. The maximum Gasteiger partial charge on any atom is 0.247 e. The fraction of sp³-hybridized carbons (Fsp3) is 0.484. The molecular formula is C31H44N8O5. The summed E-state index contributed by atoms with van der Waals surface area (Å²) in [4.78, 5) is 67.7. The molecule has 3 rings (SSSR count). The molecule has 0 spiro atoms. The lowest BCUT2D eigenvalue weighted by Crippen LogP contribution is -2.67. The van der Waals surface area contributed by atoms with Crippen LogP contribution in [0.15, 0.2) is 42.5 Å². The van der Waals surface area contributed by atoms with E-state index < -0.39 is 71.1 Å². The van der Waals surface area contributed by atoms with Crippen LogP contribution < -0.4 is 37.6 Å². The van der Waals surface area contributed by atoms with Crippen molar-refractivity contribution >= 4 is 46.3 Å². The largest absolute Gasteiger partial charge is 0.370 e. The van der Waals surface area contributed by atoms with E-state index in [4.69, 9.17) is 11.1 Å². The van der Waals surface area contributed by atoms with Crippen molar-refractivity contribution in [2.75, 3.05) is 6.54 Å². The van der Waals surface area contributed by atoms with E-state index in [1.807, 2.05) is 30.3 Å². The first-order chi connectivity index (χ1) is 20.8. The molecule has 2 aromatic carbocycles. The summed E-state index contributed by atoms with van der Waals surface area (Å²) in [6, 6.07) is 8.67. The zero-order chi connectivity index (χ0) is 32.6. The van der Waals surface area contributed by atoms with E-state index in [2.05, 4.69) is 31.9 Å². The van der Waals surface area contributed by atoms with E-state index in [9.17, 15) is 24.0 Å². The molecule has 1 aliphatic rings. The maximum absolute atomic E-state index is 13.8. The number of nitrogens with two attached hydrogens (primary N) is 1. The van der Waals surface area contributed by atoms with Crippen molar-refractivity contribution in [2.24, 2.45) is 11.7 Å². The van der Waals surface area contributed by atoms with Crippen LogP contribution in [0.5, 0.6) is 0 Å². The second kappa shape index (κ2) is 14.7. The highest BCUT2D eigenvalue weighted by Crippen LogP contribution is 2.25. The van der Waals surface area contributed by atoms with Crippen molar-refractivity contribution in [2.45, 2.75) is 83.6 Å². The summed E-state index contributed by atoms with van der Waals surface area (Å²) < 4.78 is 0. The fourth-order valence-corrected chi connectivity index (χ4v) is 5.10. The minimum absolute atomic E-state index is 0.0257. The molecule has 2 aromatic rings. The molecule has 0 saturated carbocycles. The lowest BCUT2D eigenvalue weighted by molar-refractivity contribution is -0.138. The van der Waals surface area contributed by atoms with Crippen molar-refractivity contribution in [3.63, 3.8) is 0 Å². The summed E-state index contributed by atoms with van der Waals surface area (Å²) in [5, 5.41) is 25.9. The van der Waals surface area contributed by atoms with Gasteiger partial charge in [0, 0.05) is 12.5 Å². The molecule has 1 aliphatic heterocycles. The topological polar surface area (TPSA) is 207 Å². The fourth-order valence-electron chi connectivity index (χ4n) is 5.10. The van der Waals surface area contributed by atoms with Crippen LogP contribution in [-0.2, 0) is 24.0 Å². The summed E-state index contributed by atoms with van der Waals surface area (Å²) in [6.07, 6.45) is 0.443. The average Bonchev–Trinajstić information content (AvgIpc) is 2.98. The Labute approximate surface area is 257 Å². The molecule has 0 bridgehead atoms. The Bertz CT molecular complexity index is 1410. The summed E-state index contributed by atoms with van der Waals surface area (Å²) in [5.41, 5.74) is 4.61. The number of nitrogens with one attached hydrogen (secondary N) is 7. The Morgan fingerprint density at radius 1 is 1.00 bits per heavy atom. The second-order valence-electron chi connectivity index (χ2n) is 11.5. The predicted molar refractivity (Wildman–Crippen MR) is 167 cm³/mol. The van der Waals surface area contributed by atoms with Gasteiger partial charge in [0.1, 0.15) is 23.7 Å². The molecule has 5 amide bonds. The van der Waals surface area contributed by atoms with Gasteiger partial charge in [-0.3, -0.25) is 29.4 Å². The molecule has 9 N–H and O–H groups in total. The van der Waals surface area contributed by atoms with Crippen LogP contribution in [0, 0.1) is 11.3 Å². The zero-order valence-corrected chi connectivity index (χ0v) is 25.9. The van der Waals surface area contributed by atoms with Gasteiger partial charge in [0.25, 0.3) is 0 Å². The zero-order valence-electron chi connectivity index (χ0n) is 25.9. The predicted octanol–water partition coefficient (Wildman–Crippen LogP) is 0.689. The molecule has 44 heavy (non-hydrogen) atoms. The highest BCUT2D eigenvalue weighted by molar-refractivity contribution is 5.99. The number of hydrogen-bond donors (Lipinski definition) is 8. The van der Waals surface area contributed by atoms with Crippen molar-refractivity contribution in [3.8, 4) is 0 Å². The molecule has 0 aromatic heterocycles. The first-order valence-electron chi connectivity index (χ1n) is 14.9. The molecule has 13 heteroatoms. The van der Waals surface area contributed by atoms with Gasteiger partial charge < -0.3 is 37.6 Å². The summed E-state index contributed by atoms with van der Waals surface area (Å²) in [7, 11) is 0. The quantitative estimate of drug-likeness (QED) is 0.166. The number of amides is 5. The maximum atomic E-state index is 13.8. The third-order valence-corrected chi connectivity index (χ3v) is 7.83. The van der Waals surface area contributed by atoms with Gasteiger partial charge in [-0.25, -0.2) is 0 Å². The van der Waals surface area contributed by atoms with E-state index >= 15 is 0 Å². The van der Waals surface area contributed by atoms with E-state index in [1.54, 1.807) is 39.8 Å². The molecule has 1 unspecified atom stereocenters. The van der Waals surface area contributed by atoms with Crippen LogP contribution in [0.2, 0.25) is 0 Å². The van der Waals surface area contributed by atoms with Gasteiger partial charge in [-0.2, -0.15) is 0 Å². The third kappa shape index (κ3) is 8.03. The molecule has 1 fully saturated rings. The van der Waals surface area contributed by atoms with Crippen LogP contribution in [0.1, 0.15) is 65.5 Å². The lowest BCUT2D eigenvalue weighted by atomic mass is 9.93. The van der Waals surface area contributed by atoms with E-state index in [0.29, 0.717) is 5.56 Å². The van der Waals surface area contributed by atoms with Crippen LogP contribution >= 0.6 is 0 Å². The second-order valence-corrected chi connectivity index (χ2v) is 11.5. The van der Waals surface area contributed by atoms with E-state index in [0.717, 1.165) is 10.8 Å². The van der Waals surface area contributed by atoms with Gasteiger partial charge in [-0.05, 0) is 42.5 Å². The molecule has 1 saturated heterocycles. The Morgan fingerprint density at radius 2 is 1.68 bits per heavy atom. The number of hydrogen-bond acceptors (Lipinski definition) is 6. The minimum Gasteiger partial charge on any atom is -0.370 e. The van der Waals surface area contributed by atoms with Crippen LogP contribution in [0.25, 0.3) is 10.8 Å². The van der Waals surface area contributed by atoms with Crippen molar-refractivity contribution < 1.29 is 24.0 Å². The number of fused-ring (bicyclic) bond motifs is 1. The monoisotopic (exact) mass is 608 g/mol. The standard InChI is InChI=1S/C31H44N8O5/c1-6-21(36-30(32)33)24-28(43)35-22(7-2)26(41)37-23(20-14-10-12-18-11-8-9-13-19(18)20)27(42)34-16-15-31(5,29(44)38-24)39-25(40)17(3)4/h8-14,17,21-24H,6-7,15-16H2,1-5H3,(H,34,42)(H,35,43)(H,37,41)(H,38,44)(H,39,40)(H4,32,33,36)/t21?,22-,23+,24-,31+/m0/s1. The summed E-state index contributed by atoms with van der Waals surface area (Å²) >= 11 is 0. The van der Waals surface area contributed by atoms with Gasteiger partial charge in [-0.1, -0.05) is 70.2 Å². The van der Waals surface area contributed by atoms with Gasteiger partial charge in [0.15, 0.2) is 5.96 Å². The Balaban J connectivity index is 2.10. The molecule has 0 radical (unpaired) electrons. The molecule has 5 atom stereocenters. The van der Waals surface area contributed by atoms with Crippen LogP contribution in [-0.4, -0.2) is 65.7 Å². The normalized spacial score (nSPS) is 24.3. The lowest BCUT2D eigenvalue weighted by Gasteiger charge is -2.35. The van der Waals surface area contributed by atoms with Gasteiger partial charge in [0.05, 0.1) is 6.04 Å². The van der Waals surface area contributed by atoms with Crippen molar-refractivity contribution in [1.29, 1.82) is 5.41 Å². The van der Waals surface area contributed by atoms with Crippen molar-refractivity contribution in [3.05, 3.63) is 48.0 Å². The van der Waals surface area contributed by atoms with Gasteiger partial charge in [0.2, 0.25) is 29.5 Å². The minimum atomic E-state index is -1.53. The first-order valence-corrected chi connectivity index (χ1v) is 14.9. The van der Waals surface area contributed by atoms with Crippen LogP contribution in [0.3, 0.4) is 0 Å². The SMILES string of the molecule is CCC(NC(=N)N)[C@@H]1NC(=O)[C@](C)(NC(=O)C(C)C)CCNC(=O)[C@@H](c2cccc3ccccc23)NC(=O)[C@H](CC)NC1=O. The molecule has 1 heterocycles. The average molecular weight is 609 g/mol. The van der Waals surface area contributed by atoms with E-state index in [1.165, 1.54) is 6.92 Å². The number of benzene rings is 2. The van der Waals surface area contributed by atoms with Crippen LogP contribution in [0.4, 0.5) is 0 Å². The number of carbonyl (C=O) groups is 5. The van der Waals surface area contributed by atoms with E-state index in [-0.39, 0.29) is 25.8 Å².